The lowest BCUT2D eigenvalue weighted by Gasteiger charge is -2.35. The van der Waals surface area contributed by atoms with Crippen molar-refractivity contribution in [1.82, 2.24) is 10.2 Å². The van der Waals surface area contributed by atoms with Gasteiger partial charge < -0.3 is 15.0 Å². The largest absolute Gasteiger partial charge is 0.444 e. The molecule has 10 heteroatoms. The van der Waals surface area contributed by atoms with Crippen molar-refractivity contribution in [2.45, 2.75) is 95.2 Å². The van der Waals surface area contributed by atoms with Gasteiger partial charge in [0.25, 0.3) is 0 Å². The fourth-order valence-corrected chi connectivity index (χ4v) is 7.29. The van der Waals surface area contributed by atoms with Gasteiger partial charge in [-0.25, -0.2) is 4.79 Å². The molecule has 1 heterocycles. The number of halogens is 2. The molecule has 2 aliphatic carbocycles. The van der Waals surface area contributed by atoms with Crippen LogP contribution in [0.4, 0.5) is 4.79 Å². The Morgan fingerprint density at radius 2 is 1.68 bits per heavy atom. The van der Waals surface area contributed by atoms with E-state index in [4.69, 9.17) is 27.9 Å². The highest BCUT2D eigenvalue weighted by molar-refractivity contribution is 6.51. The molecule has 41 heavy (non-hydrogen) atoms. The number of ketones is 3. The Morgan fingerprint density at radius 1 is 1.07 bits per heavy atom. The zero-order valence-electron chi connectivity index (χ0n) is 24.4. The van der Waals surface area contributed by atoms with E-state index in [2.05, 4.69) is 5.32 Å². The van der Waals surface area contributed by atoms with E-state index in [1.165, 1.54) is 4.90 Å². The Morgan fingerprint density at radius 3 is 2.22 bits per heavy atom. The molecule has 8 nitrogen and oxygen atoms in total. The first-order chi connectivity index (χ1) is 19.2. The Labute approximate surface area is 251 Å². The molecule has 1 aromatic carbocycles. The molecule has 3 aliphatic rings. The van der Waals surface area contributed by atoms with Crippen LogP contribution in [0.1, 0.15) is 71.4 Å². The van der Waals surface area contributed by atoms with Gasteiger partial charge in [0.2, 0.25) is 11.7 Å². The zero-order valence-corrected chi connectivity index (χ0v) is 25.9. The number of benzene rings is 1. The summed E-state index contributed by atoms with van der Waals surface area (Å²) in [5.74, 6) is -3.58. The Balaban J connectivity index is 1.60. The molecule has 1 unspecified atom stereocenters. The number of nitrogens with one attached hydrogen (secondary N) is 1. The van der Waals surface area contributed by atoms with E-state index < -0.39 is 57.4 Å². The third kappa shape index (κ3) is 6.64. The van der Waals surface area contributed by atoms with Crippen LogP contribution >= 0.6 is 23.2 Å². The van der Waals surface area contributed by atoms with Crippen molar-refractivity contribution in [3.63, 3.8) is 0 Å². The average Bonchev–Trinajstić information content (AvgIpc) is 3.28. The Bertz CT molecular complexity index is 1200. The summed E-state index contributed by atoms with van der Waals surface area (Å²) in [7, 11) is 0. The number of alkyl halides is 2. The fourth-order valence-electron chi connectivity index (χ4n) is 6.47. The van der Waals surface area contributed by atoms with E-state index in [-0.39, 0.29) is 37.0 Å². The number of nitrogens with zero attached hydrogens (tertiary/aromatic N) is 1. The zero-order chi connectivity index (χ0) is 30.3. The molecule has 1 aromatic rings. The lowest BCUT2D eigenvalue weighted by Crippen LogP contribution is -2.57. The van der Waals surface area contributed by atoms with Crippen LogP contribution in [0.15, 0.2) is 24.3 Å². The predicted molar refractivity (Wildman–Crippen MR) is 156 cm³/mol. The second kappa shape index (κ2) is 12.0. The molecule has 0 bridgehead atoms. The van der Waals surface area contributed by atoms with E-state index >= 15 is 0 Å². The summed E-state index contributed by atoms with van der Waals surface area (Å²) in [6.45, 7) is 8.91. The molecule has 224 valence electrons. The Kier molecular flexibility index (Phi) is 9.25. The molecule has 0 aromatic heterocycles. The average molecular weight is 608 g/mol. The van der Waals surface area contributed by atoms with Crippen molar-refractivity contribution in [3.05, 3.63) is 35.4 Å². The number of rotatable bonds is 11. The lowest BCUT2D eigenvalue weighted by molar-refractivity contribution is -0.143. The third-order valence-corrected chi connectivity index (χ3v) is 9.55. The molecule has 4 rings (SSSR count). The fraction of sp³-hybridized carbons (Fsp3) is 0.645. The van der Waals surface area contributed by atoms with Crippen LogP contribution < -0.4 is 5.32 Å². The number of hydrogen-bond donors (Lipinski definition) is 1. The molecule has 1 saturated carbocycles. The number of ether oxygens (including phenoxy) is 1. The summed E-state index contributed by atoms with van der Waals surface area (Å²) in [6.07, 6.45) is 1.38. The number of likely N-dealkylation sites (tertiary alicyclic amines) is 1. The second-order valence-electron chi connectivity index (χ2n) is 12.6. The maximum Gasteiger partial charge on any atom is 0.408 e. The second-order valence-corrected chi connectivity index (χ2v) is 14.0. The molecule has 0 radical (unpaired) electrons. The van der Waals surface area contributed by atoms with Gasteiger partial charge in [0, 0.05) is 37.1 Å². The van der Waals surface area contributed by atoms with Gasteiger partial charge >= 0.3 is 6.09 Å². The highest BCUT2D eigenvalue weighted by Crippen LogP contribution is 2.65. The molecule has 5 atom stereocenters. The molecule has 2 fully saturated rings. The topological polar surface area (TPSA) is 110 Å². The number of amides is 2. The molecule has 2 amide bonds. The quantitative estimate of drug-likeness (QED) is 0.285. The van der Waals surface area contributed by atoms with Crippen LogP contribution in [0.5, 0.6) is 0 Å². The molecular weight excluding hydrogens is 567 g/mol. The number of carbonyl (C=O) groups is 5. The standard InChI is InChI=1S/C31H40Cl2N2O6/c1-6-10-19(27(38)22(36)7-2)15-23(37)26-24-21(31(24,32)33)16-35(26)28(39)25(34-29(40)41-30(3,4)5)20-13-17-11-8-9-12-18(17)14-20/h8-9,11-12,19-21,24-26H,6-7,10,13-16H2,1-5H3,(H,34,40)/t19?,21-,24-,25-,26+/m0/s1. The van der Waals surface area contributed by atoms with Gasteiger partial charge in [0.1, 0.15) is 16.0 Å². The maximum absolute atomic E-state index is 14.3. The van der Waals surface area contributed by atoms with Gasteiger partial charge in [-0.1, -0.05) is 44.5 Å². The van der Waals surface area contributed by atoms with Crippen molar-refractivity contribution < 1.29 is 28.7 Å². The number of carbonyl (C=O) groups excluding carboxylic acids is 5. The van der Waals surface area contributed by atoms with E-state index in [1.807, 2.05) is 31.2 Å². The molecule has 0 spiro atoms. The van der Waals surface area contributed by atoms with E-state index in [1.54, 1.807) is 27.7 Å². The first kappa shape index (κ1) is 31.5. The molecule has 1 saturated heterocycles. The molecule has 1 aliphatic heterocycles. The minimum Gasteiger partial charge on any atom is -0.444 e. The van der Waals surface area contributed by atoms with E-state index in [0.29, 0.717) is 25.7 Å². The monoisotopic (exact) mass is 606 g/mol. The number of hydrogen-bond acceptors (Lipinski definition) is 6. The summed E-state index contributed by atoms with van der Waals surface area (Å²) in [6, 6.07) is 6.02. The summed E-state index contributed by atoms with van der Waals surface area (Å²) < 4.78 is 4.34. The van der Waals surface area contributed by atoms with Crippen LogP contribution in [0.2, 0.25) is 0 Å². The summed E-state index contributed by atoms with van der Waals surface area (Å²) >= 11 is 13.1. The van der Waals surface area contributed by atoms with Crippen molar-refractivity contribution in [3.8, 4) is 0 Å². The summed E-state index contributed by atoms with van der Waals surface area (Å²) in [4.78, 5) is 67.5. The van der Waals surface area contributed by atoms with Crippen molar-refractivity contribution in [2.24, 2.45) is 23.7 Å². The minimum absolute atomic E-state index is 0.0697. The van der Waals surface area contributed by atoms with Crippen molar-refractivity contribution in [2.75, 3.05) is 6.54 Å². The van der Waals surface area contributed by atoms with Crippen molar-refractivity contribution in [1.29, 1.82) is 0 Å². The van der Waals surface area contributed by atoms with Crippen LogP contribution in [0.25, 0.3) is 0 Å². The van der Waals surface area contributed by atoms with Crippen LogP contribution in [-0.4, -0.2) is 62.8 Å². The van der Waals surface area contributed by atoms with E-state index in [9.17, 15) is 24.0 Å². The number of fused-ring (bicyclic) bond motifs is 2. The van der Waals surface area contributed by atoms with Crippen LogP contribution in [0, 0.1) is 23.7 Å². The number of Topliss-reactive ketones (excluding diaryl/α,β-unsaturated/α-hetero) is 3. The minimum atomic E-state index is -1.15. The van der Waals surface area contributed by atoms with E-state index in [0.717, 1.165) is 11.1 Å². The highest BCUT2D eigenvalue weighted by Gasteiger charge is 2.73. The Hall–Kier alpha value is -2.45. The number of alkyl carbamates (subject to hydrolysis) is 1. The smallest absolute Gasteiger partial charge is 0.408 e. The third-order valence-electron chi connectivity index (χ3n) is 8.49. The summed E-state index contributed by atoms with van der Waals surface area (Å²) in [5, 5.41) is 2.81. The normalized spacial score (nSPS) is 24.2. The first-order valence-corrected chi connectivity index (χ1v) is 15.3. The molecular formula is C31H40Cl2N2O6. The van der Waals surface area contributed by atoms with Crippen molar-refractivity contribution >= 4 is 52.6 Å². The highest BCUT2D eigenvalue weighted by atomic mass is 35.5. The predicted octanol–water partition coefficient (Wildman–Crippen LogP) is 4.85. The van der Waals surface area contributed by atoms with Crippen LogP contribution in [-0.2, 0) is 36.8 Å². The molecule has 1 N–H and O–H groups in total. The van der Waals surface area contributed by atoms with Gasteiger partial charge in [-0.3, -0.25) is 19.2 Å². The SMILES string of the molecule is CCCC(CC(=O)[C@@H]1[C@@H]2[C@H](CN1C(=O)[C@@H](NC(=O)OC(C)(C)C)C1Cc3ccccc3C1)C2(Cl)Cl)C(=O)C(=O)CC. The van der Waals surface area contributed by atoms with Crippen LogP contribution in [0.3, 0.4) is 0 Å². The summed E-state index contributed by atoms with van der Waals surface area (Å²) in [5.41, 5.74) is 1.46. The van der Waals surface area contributed by atoms with Gasteiger partial charge in [-0.2, -0.15) is 0 Å². The van der Waals surface area contributed by atoms with Gasteiger partial charge in [-0.05, 0) is 57.1 Å². The van der Waals surface area contributed by atoms with Gasteiger partial charge in [0.15, 0.2) is 11.6 Å². The van der Waals surface area contributed by atoms with Gasteiger partial charge in [-0.15, -0.1) is 23.2 Å². The lowest BCUT2D eigenvalue weighted by atomic mass is 9.87. The maximum atomic E-state index is 14.3. The van der Waals surface area contributed by atoms with Gasteiger partial charge in [0.05, 0.1) is 6.04 Å². The first-order valence-electron chi connectivity index (χ1n) is 14.5. The number of piperidine rings is 1.